The number of rotatable bonds is 3. The van der Waals surface area contributed by atoms with Crippen LogP contribution in [0.1, 0.15) is 39.2 Å². The van der Waals surface area contributed by atoms with Crippen molar-refractivity contribution in [1.82, 2.24) is 9.88 Å². The van der Waals surface area contributed by atoms with Gasteiger partial charge in [-0.3, -0.25) is 0 Å². The van der Waals surface area contributed by atoms with Crippen LogP contribution in [0.5, 0.6) is 5.75 Å². The minimum absolute atomic E-state index is 0.0689. The predicted molar refractivity (Wildman–Crippen MR) is 137 cm³/mol. The van der Waals surface area contributed by atoms with Gasteiger partial charge in [-0.25, -0.2) is 4.79 Å². The quantitative estimate of drug-likeness (QED) is 0.366. The first-order valence-corrected chi connectivity index (χ1v) is 12.0. The molecule has 6 heteroatoms. The summed E-state index contributed by atoms with van der Waals surface area (Å²) in [6.07, 6.45) is 1.36. The van der Waals surface area contributed by atoms with E-state index in [2.05, 4.69) is 41.4 Å². The maximum atomic E-state index is 12.3. The third-order valence-corrected chi connectivity index (χ3v) is 6.27. The highest BCUT2D eigenvalue weighted by molar-refractivity contribution is 5.91. The zero-order valence-corrected chi connectivity index (χ0v) is 20.3. The number of H-pyrrole nitrogens is 1. The maximum absolute atomic E-state index is 12.3. The number of aromatic nitrogens is 1. The zero-order chi connectivity index (χ0) is 24.6. The summed E-state index contributed by atoms with van der Waals surface area (Å²) in [4.78, 5) is 17.5. The normalized spacial score (nSPS) is 14.7. The molecule has 3 aromatic carbocycles. The number of carbonyl (C=O) groups excluding carboxylic acids is 1. The van der Waals surface area contributed by atoms with E-state index in [0.717, 1.165) is 51.5 Å². The monoisotopic (exact) mass is 467 g/mol. The SMILES string of the molecule is CC(C)(C)OC(=O)N1CCC(Oc2ccc3[nH]c(-c4ccc5ccc(C#N)cc5c4)cc3c2)CC1. The molecule has 0 aliphatic carbocycles. The summed E-state index contributed by atoms with van der Waals surface area (Å²) in [7, 11) is 0. The van der Waals surface area contributed by atoms with Gasteiger partial charge in [0.15, 0.2) is 0 Å². The summed E-state index contributed by atoms with van der Waals surface area (Å²) in [6, 6.07) is 22.4. The molecule has 0 unspecified atom stereocenters. The topological polar surface area (TPSA) is 78.3 Å². The van der Waals surface area contributed by atoms with Crippen molar-refractivity contribution in [2.75, 3.05) is 13.1 Å². The van der Waals surface area contributed by atoms with E-state index in [1.54, 1.807) is 4.90 Å². The van der Waals surface area contributed by atoms with Crippen molar-refractivity contribution in [3.05, 3.63) is 66.2 Å². The van der Waals surface area contributed by atoms with E-state index in [9.17, 15) is 10.1 Å². The molecular weight excluding hydrogens is 438 g/mol. The number of nitrogens with zero attached hydrogens (tertiary/aromatic N) is 2. The lowest BCUT2D eigenvalue weighted by molar-refractivity contribution is 0.0127. The second kappa shape index (κ2) is 8.99. The number of aromatic amines is 1. The van der Waals surface area contributed by atoms with Crippen molar-refractivity contribution in [3.63, 3.8) is 0 Å². The third-order valence-electron chi connectivity index (χ3n) is 6.27. The average Bonchev–Trinajstić information content (AvgIpc) is 3.26. The zero-order valence-electron chi connectivity index (χ0n) is 20.3. The summed E-state index contributed by atoms with van der Waals surface area (Å²) in [6.45, 7) is 6.91. The van der Waals surface area contributed by atoms with E-state index in [4.69, 9.17) is 9.47 Å². The Hall–Kier alpha value is -3.98. The van der Waals surface area contributed by atoms with Gasteiger partial charge in [-0.05, 0) is 79.6 Å². The van der Waals surface area contributed by atoms with Crippen LogP contribution in [0.3, 0.4) is 0 Å². The van der Waals surface area contributed by atoms with Crippen molar-refractivity contribution in [3.8, 4) is 23.1 Å². The van der Waals surface area contributed by atoms with Gasteiger partial charge in [0.05, 0.1) is 11.6 Å². The fraction of sp³-hybridized carbons (Fsp3) is 0.310. The molecule has 35 heavy (non-hydrogen) atoms. The lowest BCUT2D eigenvalue weighted by Gasteiger charge is -2.33. The summed E-state index contributed by atoms with van der Waals surface area (Å²) in [5.41, 5.74) is 3.30. The van der Waals surface area contributed by atoms with Gasteiger partial charge in [0, 0.05) is 42.5 Å². The van der Waals surface area contributed by atoms with E-state index in [1.165, 1.54) is 0 Å². The molecule has 1 fully saturated rings. The highest BCUT2D eigenvalue weighted by atomic mass is 16.6. The van der Waals surface area contributed by atoms with Gasteiger partial charge < -0.3 is 19.4 Å². The first kappa shape index (κ1) is 22.8. The Labute approximate surface area is 205 Å². The van der Waals surface area contributed by atoms with Crippen molar-refractivity contribution < 1.29 is 14.3 Å². The number of piperidine rings is 1. The van der Waals surface area contributed by atoms with E-state index in [1.807, 2.05) is 51.1 Å². The van der Waals surface area contributed by atoms with E-state index >= 15 is 0 Å². The molecule has 1 saturated heterocycles. The minimum Gasteiger partial charge on any atom is -0.490 e. The van der Waals surface area contributed by atoms with E-state index in [0.29, 0.717) is 18.7 Å². The number of benzene rings is 3. The van der Waals surface area contributed by atoms with Gasteiger partial charge in [-0.2, -0.15) is 5.26 Å². The highest BCUT2D eigenvalue weighted by Gasteiger charge is 2.27. The lowest BCUT2D eigenvalue weighted by atomic mass is 10.0. The van der Waals surface area contributed by atoms with Crippen LogP contribution in [0.15, 0.2) is 60.7 Å². The highest BCUT2D eigenvalue weighted by Crippen LogP contribution is 2.30. The molecule has 1 aliphatic heterocycles. The Kier molecular flexibility index (Phi) is 5.86. The van der Waals surface area contributed by atoms with E-state index < -0.39 is 5.60 Å². The number of carbonyl (C=O) groups is 1. The van der Waals surface area contributed by atoms with Crippen LogP contribution < -0.4 is 4.74 Å². The molecule has 0 radical (unpaired) electrons. The number of nitrogens with one attached hydrogen (secondary N) is 1. The Bertz CT molecular complexity index is 1430. The molecule has 0 bridgehead atoms. The average molecular weight is 468 g/mol. The van der Waals surface area contributed by atoms with Crippen LogP contribution in [0, 0.1) is 11.3 Å². The van der Waals surface area contributed by atoms with Gasteiger partial charge in [-0.1, -0.05) is 18.2 Å². The molecule has 2 heterocycles. The molecule has 1 aromatic heterocycles. The van der Waals surface area contributed by atoms with Crippen LogP contribution in [0.25, 0.3) is 32.9 Å². The smallest absolute Gasteiger partial charge is 0.410 e. The van der Waals surface area contributed by atoms with Crippen LogP contribution in [0.2, 0.25) is 0 Å². The Morgan fingerprint density at radius 2 is 1.74 bits per heavy atom. The van der Waals surface area contributed by atoms with Gasteiger partial charge in [0.25, 0.3) is 0 Å². The number of nitriles is 1. The van der Waals surface area contributed by atoms with Gasteiger partial charge in [0.1, 0.15) is 17.5 Å². The first-order chi connectivity index (χ1) is 16.8. The maximum Gasteiger partial charge on any atom is 0.410 e. The van der Waals surface area contributed by atoms with Gasteiger partial charge in [0.2, 0.25) is 0 Å². The minimum atomic E-state index is -0.484. The molecule has 5 rings (SSSR count). The van der Waals surface area contributed by atoms with Crippen LogP contribution >= 0.6 is 0 Å². The number of ether oxygens (including phenoxy) is 2. The standard InChI is InChI=1S/C29H29N3O3/c1-29(2,3)35-28(33)32-12-10-24(11-13-32)34-25-8-9-26-23(16-25)17-27(31-26)21-7-6-20-5-4-19(18-30)14-22(20)15-21/h4-9,14-17,24,31H,10-13H2,1-3H3. The number of fused-ring (bicyclic) bond motifs is 2. The lowest BCUT2D eigenvalue weighted by Crippen LogP contribution is -2.44. The van der Waals surface area contributed by atoms with Crippen LogP contribution in [-0.4, -0.2) is 40.8 Å². The number of amides is 1. The summed E-state index contributed by atoms with van der Waals surface area (Å²) in [5, 5.41) is 12.4. The molecule has 6 nitrogen and oxygen atoms in total. The molecule has 1 amide bonds. The van der Waals surface area contributed by atoms with Crippen LogP contribution in [0.4, 0.5) is 4.79 Å². The molecule has 1 aliphatic rings. The van der Waals surface area contributed by atoms with Crippen molar-refractivity contribution in [1.29, 1.82) is 5.26 Å². The summed E-state index contributed by atoms with van der Waals surface area (Å²) in [5.74, 6) is 0.830. The summed E-state index contributed by atoms with van der Waals surface area (Å²) < 4.78 is 11.7. The number of hydrogen-bond acceptors (Lipinski definition) is 4. The summed E-state index contributed by atoms with van der Waals surface area (Å²) >= 11 is 0. The first-order valence-electron chi connectivity index (χ1n) is 12.0. The van der Waals surface area contributed by atoms with Gasteiger partial charge in [-0.15, -0.1) is 0 Å². The van der Waals surface area contributed by atoms with Gasteiger partial charge >= 0.3 is 6.09 Å². The second-order valence-corrected chi connectivity index (χ2v) is 10.1. The van der Waals surface area contributed by atoms with Crippen LogP contribution in [-0.2, 0) is 4.74 Å². The molecule has 0 spiro atoms. The number of hydrogen-bond donors (Lipinski definition) is 1. The Balaban J connectivity index is 1.28. The fourth-order valence-corrected chi connectivity index (χ4v) is 4.50. The largest absolute Gasteiger partial charge is 0.490 e. The Morgan fingerprint density at radius 3 is 2.49 bits per heavy atom. The third kappa shape index (κ3) is 5.09. The second-order valence-electron chi connectivity index (χ2n) is 10.1. The predicted octanol–water partition coefficient (Wildman–Crippen LogP) is 6.64. The van der Waals surface area contributed by atoms with E-state index in [-0.39, 0.29) is 12.2 Å². The fourth-order valence-electron chi connectivity index (χ4n) is 4.50. The molecular formula is C29H29N3O3. The molecule has 0 saturated carbocycles. The van der Waals surface area contributed by atoms with Crippen molar-refractivity contribution in [2.24, 2.45) is 0 Å². The van der Waals surface area contributed by atoms with Crippen molar-refractivity contribution >= 4 is 27.8 Å². The molecule has 1 N–H and O–H groups in total. The van der Waals surface area contributed by atoms with Crippen molar-refractivity contribution in [2.45, 2.75) is 45.3 Å². The molecule has 4 aromatic rings. The Morgan fingerprint density at radius 1 is 0.971 bits per heavy atom. The number of likely N-dealkylation sites (tertiary alicyclic amines) is 1. The molecule has 0 atom stereocenters. The molecule has 178 valence electrons.